The number of nitrogens with one attached hydrogen (secondary N) is 1. The molecule has 21 heavy (non-hydrogen) atoms. The van der Waals surface area contributed by atoms with E-state index in [1.165, 1.54) is 11.3 Å². The lowest BCUT2D eigenvalue weighted by Gasteiger charge is -2.12. The molecule has 0 atom stereocenters. The molecule has 3 amide bonds. The highest BCUT2D eigenvalue weighted by atomic mass is 79.9. The number of fused-ring (bicyclic) bond motifs is 1. The minimum atomic E-state index is -0.483. The number of carbonyl (C=O) groups excluding carboxylic acids is 3. The number of nitrogens with zero attached hydrogens (tertiary/aromatic N) is 2. The number of carbonyl (C=O) groups is 3. The molecule has 1 aliphatic rings. The zero-order valence-electron chi connectivity index (χ0n) is 10.5. The SMILES string of the molecule is O=C(CN1C(=O)C=CC1=O)Nc1nc2ccc(Br)cc2s1. The van der Waals surface area contributed by atoms with Crippen LogP contribution in [0.3, 0.4) is 0 Å². The van der Waals surface area contributed by atoms with Gasteiger partial charge in [-0.15, -0.1) is 0 Å². The Morgan fingerprint density at radius 3 is 2.71 bits per heavy atom. The summed E-state index contributed by atoms with van der Waals surface area (Å²) in [5.41, 5.74) is 0.772. The summed E-state index contributed by atoms with van der Waals surface area (Å²) in [6, 6.07) is 5.60. The van der Waals surface area contributed by atoms with E-state index in [1.54, 1.807) is 0 Å². The molecule has 6 nitrogen and oxygen atoms in total. The van der Waals surface area contributed by atoms with Crippen LogP contribution in [0.15, 0.2) is 34.8 Å². The normalized spacial score (nSPS) is 14.2. The van der Waals surface area contributed by atoms with Crippen LogP contribution in [-0.4, -0.2) is 34.2 Å². The molecular weight excluding hydrogens is 358 g/mol. The highest BCUT2D eigenvalue weighted by molar-refractivity contribution is 9.10. The van der Waals surface area contributed by atoms with E-state index in [1.807, 2.05) is 18.2 Å². The second-order valence-corrected chi connectivity index (χ2v) is 6.22. The van der Waals surface area contributed by atoms with Crippen molar-refractivity contribution >= 4 is 60.3 Å². The van der Waals surface area contributed by atoms with E-state index in [0.29, 0.717) is 5.13 Å². The Morgan fingerprint density at radius 1 is 1.29 bits per heavy atom. The second kappa shape index (κ2) is 5.38. The smallest absolute Gasteiger partial charge is 0.254 e. The van der Waals surface area contributed by atoms with Crippen LogP contribution in [0.2, 0.25) is 0 Å². The van der Waals surface area contributed by atoms with Crippen LogP contribution in [0.5, 0.6) is 0 Å². The van der Waals surface area contributed by atoms with E-state index in [4.69, 9.17) is 0 Å². The van der Waals surface area contributed by atoms with Gasteiger partial charge in [-0.1, -0.05) is 27.3 Å². The summed E-state index contributed by atoms with van der Waals surface area (Å²) in [6.45, 7) is -0.315. The number of benzene rings is 1. The highest BCUT2D eigenvalue weighted by Crippen LogP contribution is 2.28. The zero-order chi connectivity index (χ0) is 15.0. The summed E-state index contributed by atoms with van der Waals surface area (Å²) < 4.78 is 1.85. The monoisotopic (exact) mass is 365 g/mol. The molecule has 1 aromatic carbocycles. The third kappa shape index (κ3) is 2.86. The largest absolute Gasteiger partial charge is 0.300 e. The van der Waals surface area contributed by atoms with Gasteiger partial charge < -0.3 is 5.32 Å². The van der Waals surface area contributed by atoms with Gasteiger partial charge >= 0.3 is 0 Å². The zero-order valence-corrected chi connectivity index (χ0v) is 12.9. The molecule has 2 heterocycles. The fourth-order valence-electron chi connectivity index (χ4n) is 1.84. The van der Waals surface area contributed by atoms with Gasteiger partial charge in [0.2, 0.25) is 5.91 Å². The Bertz CT molecular complexity index is 781. The number of thiazole rings is 1. The third-order valence-corrected chi connectivity index (χ3v) is 4.23. The Labute approximate surface area is 131 Å². The molecule has 0 saturated carbocycles. The van der Waals surface area contributed by atoms with Gasteiger partial charge in [-0.05, 0) is 18.2 Å². The number of amides is 3. The molecule has 0 aliphatic carbocycles. The van der Waals surface area contributed by atoms with E-state index < -0.39 is 17.7 Å². The highest BCUT2D eigenvalue weighted by Gasteiger charge is 2.25. The summed E-state index contributed by atoms with van der Waals surface area (Å²) in [5.74, 6) is -1.43. The molecule has 2 aromatic rings. The van der Waals surface area contributed by atoms with Crippen LogP contribution in [0.25, 0.3) is 10.2 Å². The number of halogens is 1. The van der Waals surface area contributed by atoms with Gasteiger partial charge in [0.25, 0.3) is 11.8 Å². The van der Waals surface area contributed by atoms with Crippen molar-refractivity contribution in [1.29, 1.82) is 0 Å². The summed E-state index contributed by atoms with van der Waals surface area (Å²) >= 11 is 4.69. The fourth-order valence-corrected chi connectivity index (χ4v) is 3.28. The third-order valence-electron chi connectivity index (χ3n) is 2.80. The molecule has 8 heteroatoms. The quantitative estimate of drug-likeness (QED) is 0.842. The summed E-state index contributed by atoms with van der Waals surface area (Å²) in [6.07, 6.45) is 2.29. The number of anilines is 1. The van der Waals surface area contributed by atoms with E-state index >= 15 is 0 Å². The molecule has 3 rings (SSSR count). The standard InChI is InChI=1S/C13H8BrN3O3S/c14-7-1-2-8-9(5-7)21-13(15-8)16-10(18)6-17-11(19)3-4-12(17)20/h1-5H,6H2,(H,15,16,18). The minimum Gasteiger partial charge on any atom is -0.300 e. The minimum absolute atomic E-state index is 0.315. The van der Waals surface area contributed by atoms with Crippen molar-refractivity contribution in [1.82, 2.24) is 9.88 Å². The first-order chi connectivity index (χ1) is 10.0. The Balaban J connectivity index is 1.71. The van der Waals surface area contributed by atoms with E-state index in [2.05, 4.69) is 26.2 Å². The van der Waals surface area contributed by atoms with E-state index in [9.17, 15) is 14.4 Å². The predicted octanol–water partition coefficient (Wildman–Crippen LogP) is 1.92. The maximum atomic E-state index is 11.9. The first-order valence-corrected chi connectivity index (χ1v) is 7.53. The number of hydrogen-bond acceptors (Lipinski definition) is 5. The van der Waals surface area contributed by atoms with Crippen molar-refractivity contribution in [3.63, 3.8) is 0 Å². The average molecular weight is 366 g/mol. The van der Waals surface area contributed by atoms with Crippen molar-refractivity contribution in [2.75, 3.05) is 11.9 Å². The number of aromatic nitrogens is 1. The van der Waals surface area contributed by atoms with Crippen molar-refractivity contribution in [2.24, 2.45) is 0 Å². The molecule has 1 aliphatic heterocycles. The Kier molecular flexibility index (Phi) is 3.56. The van der Waals surface area contributed by atoms with Gasteiger partial charge in [-0.3, -0.25) is 19.3 Å². The number of hydrogen-bond donors (Lipinski definition) is 1. The van der Waals surface area contributed by atoms with Crippen molar-refractivity contribution < 1.29 is 14.4 Å². The van der Waals surface area contributed by atoms with Gasteiger partial charge in [0.15, 0.2) is 5.13 Å². The van der Waals surface area contributed by atoms with Crippen LogP contribution in [-0.2, 0) is 14.4 Å². The molecule has 1 aromatic heterocycles. The van der Waals surface area contributed by atoms with Gasteiger partial charge in [0, 0.05) is 16.6 Å². The lowest BCUT2D eigenvalue weighted by Crippen LogP contribution is -2.37. The van der Waals surface area contributed by atoms with Crippen molar-refractivity contribution in [3.05, 3.63) is 34.8 Å². The van der Waals surface area contributed by atoms with E-state index in [0.717, 1.165) is 31.7 Å². The van der Waals surface area contributed by atoms with Crippen LogP contribution in [0, 0.1) is 0 Å². The second-order valence-electron chi connectivity index (χ2n) is 4.28. The molecule has 106 valence electrons. The molecule has 0 spiro atoms. The molecule has 1 N–H and O–H groups in total. The lowest BCUT2D eigenvalue weighted by atomic mass is 10.3. The molecule has 0 saturated heterocycles. The summed E-state index contributed by atoms with van der Waals surface area (Å²) in [7, 11) is 0. The van der Waals surface area contributed by atoms with Crippen LogP contribution in [0.1, 0.15) is 0 Å². The predicted molar refractivity (Wildman–Crippen MR) is 81.8 cm³/mol. The Hall–Kier alpha value is -2.06. The molecule has 0 fully saturated rings. The van der Waals surface area contributed by atoms with Gasteiger partial charge in [0.05, 0.1) is 10.2 Å². The van der Waals surface area contributed by atoms with Gasteiger partial charge in [0.1, 0.15) is 6.54 Å². The summed E-state index contributed by atoms with van der Waals surface area (Å²) in [4.78, 5) is 39.8. The average Bonchev–Trinajstić information content (AvgIpc) is 2.95. The first kappa shape index (κ1) is 13.9. The van der Waals surface area contributed by atoms with Crippen molar-refractivity contribution in [2.45, 2.75) is 0 Å². The molecule has 0 bridgehead atoms. The summed E-state index contributed by atoms with van der Waals surface area (Å²) in [5, 5.41) is 3.03. The van der Waals surface area contributed by atoms with Gasteiger partial charge in [-0.25, -0.2) is 4.98 Å². The van der Waals surface area contributed by atoms with Crippen LogP contribution >= 0.6 is 27.3 Å². The molecular formula is C13H8BrN3O3S. The van der Waals surface area contributed by atoms with Crippen molar-refractivity contribution in [3.8, 4) is 0 Å². The Morgan fingerprint density at radius 2 is 2.00 bits per heavy atom. The number of rotatable bonds is 3. The molecule has 0 radical (unpaired) electrons. The fraction of sp³-hybridized carbons (Fsp3) is 0.0769. The molecule has 0 unspecified atom stereocenters. The van der Waals surface area contributed by atoms with Crippen LogP contribution < -0.4 is 5.32 Å². The maximum absolute atomic E-state index is 11.9. The topological polar surface area (TPSA) is 79.4 Å². The number of imide groups is 1. The van der Waals surface area contributed by atoms with Gasteiger partial charge in [-0.2, -0.15) is 0 Å². The van der Waals surface area contributed by atoms with Crippen LogP contribution in [0.4, 0.5) is 5.13 Å². The maximum Gasteiger partial charge on any atom is 0.254 e. The lowest BCUT2D eigenvalue weighted by molar-refractivity contribution is -0.139. The first-order valence-electron chi connectivity index (χ1n) is 5.92. The van der Waals surface area contributed by atoms with E-state index in [-0.39, 0.29) is 6.54 Å².